The standard InChI is InChI=1S/C14H27N3O2/c1-2-7-16-9-5-12(6-10-16)15-14(19)17-8-3-4-13(17)11-18/h12-13,18H,2-11H2,1H3,(H,15,19)/t13-/m0/s1. The van der Waals surface area contributed by atoms with Crippen LogP contribution in [0.4, 0.5) is 4.79 Å². The van der Waals surface area contributed by atoms with Crippen LogP contribution >= 0.6 is 0 Å². The highest BCUT2D eigenvalue weighted by molar-refractivity contribution is 5.75. The van der Waals surface area contributed by atoms with Crippen LogP contribution in [0.1, 0.15) is 39.0 Å². The van der Waals surface area contributed by atoms with E-state index in [4.69, 9.17) is 0 Å². The molecule has 19 heavy (non-hydrogen) atoms. The summed E-state index contributed by atoms with van der Waals surface area (Å²) in [5.41, 5.74) is 0. The number of rotatable bonds is 4. The zero-order valence-corrected chi connectivity index (χ0v) is 12.0. The molecule has 110 valence electrons. The van der Waals surface area contributed by atoms with Crippen molar-refractivity contribution < 1.29 is 9.90 Å². The highest BCUT2D eigenvalue weighted by atomic mass is 16.3. The highest BCUT2D eigenvalue weighted by Crippen LogP contribution is 2.18. The van der Waals surface area contributed by atoms with Crippen molar-refractivity contribution in [2.45, 2.75) is 51.1 Å². The number of hydrogen-bond acceptors (Lipinski definition) is 3. The number of carbonyl (C=O) groups excluding carboxylic acids is 1. The number of hydrogen-bond donors (Lipinski definition) is 2. The Morgan fingerprint density at radius 2 is 2.00 bits per heavy atom. The Morgan fingerprint density at radius 3 is 2.63 bits per heavy atom. The van der Waals surface area contributed by atoms with E-state index in [9.17, 15) is 9.90 Å². The van der Waals surface area contributed by atoms with Crippen LogP contribution in [0.3, 0.4) is 0 Å². The van der Waals surface area contributed by atoms with E-state index in [0.29, 0.717) is 6.04 Å². The molecule has 2 N–H and O–H groups in total. The van der Waals surface area contributed by atoms with Crippen molar-refractivity contribution in [2.24, 2.45) is 0 Å². The van der Waals surface area contributed by atoms with Gasteiger partial charge in [0.1, 0.15) is 0 Å². The molecule has 5 heteroatoms. The van der Waals surface area contributed by atoms with Crippen LogP contribution < -0.4 is 5.32 Å². The Bertz CT molecular complexity index is 290. The Morgan fingerprint density at radius 1 is 1.26 bits per heavy atom. The second-order valence-electron chi connectivity index (χ2n) is 5.74. The molecule has 2 aliphatic rings. The number of amides is 2. The van der Waals surface area contributed by atoms with Gasteiger partial charge in [0.25, 0.3) is 0 Å². The average molecular weight is 269 g/mol. The molecule has 0 aliphatic carbocycles. The van der Waals surface area contributed by atoms with Gasteiger partial charge in [-0.05, 0) is 38.6 Å². The number of urea groups is 1. The van der Waals surface area contributed by atoms with Gasteiger partial charge in [0.2, 0.25) is 0 Å². The Kier molecular flexibility index (Phi) is 5.45. The maximum absolute atomic E-state index is 12.2. The van der Waals surface area contributed by atoms with Crippen LogP contribution in [0.5, 0.6) is 0 Å². The van der Waals surface area contributed by atoms with E-state index in [0.717, 1.165) is 45.3 Å². The summed E-state index contributed by atoms with van der Waals surface area (Å²) in [7, 11) is 0. The van der Waals surface area contributed by atoms with E-state index < -0.39 is 0 Å². The fraction of sp³-hybridized carbons (Fsp3) is 0.929. The van der Waals surface area contributed by atoms with Crippen LogP contribution in [0.15, 0.2) is 0 Å². The predicted octanol–water partition coefficient (Wildman–Crippen LogP) is 1.03. The molecule has 2 aliphatic heterocycles. The molecule has 5 nitrogen and oxygen atoms in total. The van der Waals surface area contributed by atoms with Gasteiger partial charge in [-0.2, -0.15) is 0 Å². The number of aliphatic hydroxyl groups excluding tert-OH is 1. The SMILES string of the molecule is CCCN1CCC(NC(=O)N2CCC[C@H]2CO)CC1. The van der Waals surface area contributed by atoms with Crippen molar-refractivity contribution in [3.8, 4) is 0 Å². The fourth-order valence-electron chi connectivity index (χ4n) is 3.17. The van der Waals surface area contributed by atoms with Gasteiger partial charge < -0.3 is 20.2 Å². The van der Waals surface area contributed by atoms with E-state index >= 15 is 0 Å². The lowest BCUT2D eigenvalue weighted by molar-refractivity contribution is 0.146. The van der Waals surface area contributed by atoms with Crippen molar-refractivity contribution >= 4 is 6.03 Å². The van der Waals surface area contributed by atoms with Gasteiger partial charge in [-0.3, -0.25) is 0 Å². The maximum Gasteiger partial charge on any atom is 0.317 e. The molecule has 2 saturated heterocycles. The minimum atomic E-state index is 0.0190. The van der Waals surface area contributed by atoms with Crippen LogP contribution in [0.25, 0.3) is 0 Å². The number of piperidine rings is 1. The first-order valence-electron chi connectivity index (χ1n) is 7.65. The number of nitrogens with zero attached hydrogens (tertiary/aromatic N) is 2. The quantitative estimate of drug-likeness (QED) is 0.801. The van der Waals surface area contributed by atoms with Gasteiger partial charge in [0, 0.05) is 25.7 Å². The molecule has 0 radical (unpaired) electrons. The summed E-state index contributed by atoms with van der Waals surface area (Å²) in [6.45, 7) is 6.41. The third-order valence-corrected chi connectivity index (χ3v) is 4.30. The second-order valence-corrected chi connectivity index (χ2v) is 5.74. The number of aliphatic hydroxyl groups is 1. The van der Waals surface area contributed by atoms with E-state index in [2.05, 4.69) is 17.1 Å². The van der Waals surface area contributed by atoms with Gasteiger partial charge in [-0.1, -0.05) is 6.92 Å². The first-order valence-corrected chi connectivity index (χ1v) is 7.65. The van der Waals surface area contributed by atoms with Gasteiger partial charge in [-0.15, -0.1) is 0 Å². The number of nitrogens with one attached hydrogen (secondary N) is 1. The van der Waals surface area contributed by atoms with Gasteiger partial charge in [0.15, 0.2) is 0 Å². The second kappa shape index (κ2) is 7.10. The van der Waals surface area contributed by atoms with Crippen LogP contribution in [-0.4, -0.2) is 65.8 Å². The summed E-state index contributed by atoms with van der Waals surface area (Å²) in [4.78, 5) is 16.5. The third-order valence-electron chi connectivity index (χ3n) is 4.30. The molecule has 2 rings (SSSR count). The van der Waals surface area contributed by atoms with E-state index in [-0.39, 0.29) is 18.7 Å². The van der Waals surface area contributed by atoms with Crippen LogP contribution in [0.2, 0.25) is 0 Å². The normalized spacial score (nSPS) is 25.8. The van der Waals surface area contributed by atoms with E-state index in [1.807, 2.05) is 0 Å². The largest absolute Gasteiger partial charge is 0.394 e. The molecule has 2 amide bonds. The summed E-state index contributed by atoms with van der Waals surface area (Å²) in [6, 6.07) is 0.353. The molecular formula is C14H27N3O2. The lowest BCUT2D eigenvalue weighted by atomic mass is 10.1. The molecule has 0 unspecified atom stereocenters. The third kappa shape index (κ3) is 3.83. The molecule has 0 bridgehead atoms. The molecule has 2 heterocycles. The smallest absolute Gasteiger partial charge is 0.317 e. The molecule has 0 saturated carbocycles. The van der Waals surface area contributed by atoms with Crippen molar-refractivity contribution in [3.63, 3.8) is 0 Å². The zero-order valence-electron chi connectivity index (χ0n) is 12.0. The summed E-state index contributed by atoms with van der Waals surface area (Å²) in [5, 5.41) is 12.4. The highest BCUT2D eigenvalue weighted by Gasteiger charge is 2.30. The molecule has 0 aromatic carbocycles. The monoisotopic (exact) mass is 269 g/mol. The molecule has 0 aromatic heterocycles. The van der Waals surface area contributed by atoms with Crippen LogP contribution in [0, 0.1) is 0 Å². The molecule has 0 aromatic rings. The summed E-state index contributed by atoms with van der Waals surface area (Å²) in [5.74, 6) is 0. The van der Waals surface area contributed by atoms with E-state index in [1.165, 1.54) is 13.0 Å². The van der Waals surface area contributed by atoms with Gasteiger partial charge >= 0.3 is 6.03 Å². The van der Waals surface area contributed by atoms with Crippen LogP contribution in [-0.2, 0) is 0 Å². The van der Waals surface area contributed by atoms with Crippen molar-refractivity contribution in [3.05, 3.63) is 0 Å². The van der Waals surface area contributed by atoms with Crippen molar-refractivity contribution in [1.29, 1.82) is 0 Å². The molecular weight excluding hydrogens is 242 g/mol. The lowest BCUT2D eigenvalue weighted by Gasteiger charge is -2.33. The topological polar surface area (TPSA) is 55.8 Å². The molecule has 1 atom stereocenters. The predicted molar refractivity (Wildman–Crippen MR) is 75.1 cm³/mol. The summed E-state index contributed by atoms with van der Waals surface area (Å²) < 4.78 is 0. The Balaban J connectivity index is 1.74. The average Bonchev–Trinajstić information content (AvgIpc) is 2.90. The van der Waals surface area contributed by atoms with Gasteiger partial charge in [0.05, 0.1) is 12.6 Å². The first-order chi connectivity index (χ1) is 9.24. The molecule has 2 fully saturated rings. The number of likely N-dealkylation sites (tertiary alicyclic amines) is 2. The van der Waals surface area contributed by atoms with Gasteiger partial charge in [-0.25, -0.2) is 4.79 Å². The lowest BCUT2D eigenvalue weighted by Crippen LogP contribution is -2.51. The Hall–Kier alpha value is -0.810. The minimum Gasteiger partial charge on any atom is -0.394 e. The Labute approximate surface area is 115 Å². The number of carbonyl (C=O) groups is 1. The first kappa shape index (κ1) is 14.6. The minimum absolute atomic E-state index is 0.0190. The molecule has 0 spiro atoms. The zero-order chi connectivity index (χ0) is 13.7. The van der Waals surface area contributed by atoms with Crippen molar-refractivity contribution in [1.82, 2.24) is 15.1 Å². The fourth-order valence-corrected chi connectivity index (χ4v) is 3.17. The summed E-state index contributed by atoms with van der Waals surface area (Å²) >= 11 is 0. The van der Waals surface area contributed by atoms with E-state index in [1.54, 1.807) is 4.90 Å². The maximum atomic E-state index is 12.2. The van der Waals surface area contributed by atoms with Crippen molar-refractivity contribution in [2.75, 3.05) is 32.8 Å². The summed E-state index contributed by atoms with van der Waals surface area (Å²) in [6.07, 6.45) is 5.22.